The number of benzene rings is 2. The number of hydrogen-bond donors (Lipinski definition) is 1. The number of anilines is 1. The van der Waals surface area contributed by atoms with Gasteiger partial charge in [-0.1, -0.05) is 40.9 Å². The second-order valence-electron chi connectivity index (χ2n) is 5.97. The molecule has 1 atom stereocenters. The molecule has 0 unspecified atom stereocenters. The summed E-state index contributed by atoms with van der Waals surface area (Å²) >= 11 is 11.8. The molecule has 0 heterocycles. The lowest BCUT2D eigenvalue weighted by atomic mass is 10.0. The van der Waals surface area contributed by atoms with Gasteiger partial charge in [-0.15, -0.1) is 0 Å². The monoisotopic (exact) mass is 379 g/mol. The third-order valence-corrected chi connectivity index (χ3v) is 4.11. The van der Waals surface area contributed by atoms with Crippen molar-refractivity contribution in [3.8, 4) is 0 Å². The average molecular weight is 380 g/mol. The maximum absolute atomic E-state index is 12.4. The first-order chi connectivity index (χ1) is 11.7. The summed E-state index contributed by atoms with van der Waals surface area (Å²) < 4.78 is 5.22. The summed E-state index contributed by atoms with van der Waals surface area (Å²) in [5.74, 6) is -1.07. The van der Waals surface area contributed by atoms with Crippen LogP contribution in [0.25, 0.3) is 0 Å². The van der Waals surface area contributed by atoms with Crippen LogP contribution in [0.15, 0.2) is 30.3 Å². The van der Waals surface area contributed by atoms with E-state index in [1.165, 1.54) is 25.1 Å². The largest absolute Gasteiger partial charge is 0.449 e. The summed E-state index contributed by atoms with van der Waals surface area (Å²) in [5.41, 5.74) is 3.94. The van der Waals surface area contributed by atoms with E-state index in [1.807, 2.05) is 32.9 Å². The molecule has 0 aromatic heterocycles. The van der Waals surface area contributed by atoms with E-state index >= 15 is 0 Å². The van der Waals surface area contributed by atoms with Gasteiger partial charge in [-0.2, -0.15) is 0 Å². The number of hydrogen-bond acceptors (Lipinski definition) is 3. The summed E-state index contributed by atoms with van der Waals surface area (Å²) in [6.45, 7) is 7.34. The Morgan fingerprint density at radius 3 is 2.00 bits per heavy atom. The zero-order valence-corrected chi connectivity index (χ0v) is 16.0. The molecule has 0 aliphatic heterocycles. The summed E-state index contributed by atoms with van der Waals surface area (Å²) in [5, 5.41) is 3.46. The average Bonchev–Trinajstić information content (AvgIpc) is 2.49. The second kappa shape index (κ2) is 7.89. The van der Waals surface area contributed by atoms with E-state index < -0.39 is 18.0 Å². The van der Waals surface area contributed by atoms with Gasteiger partial charge >= 0.3 is 5.97 Å². The van der Waals surface area contributed by atoms with Gasteiger partial charge in [-0.05, 0) is 57.0 Å². The molecule has 1 N–H and O–H groups in total. The van der Waals surface area contributed by atoms with Crippen LogP contribution in [0, 0.1) is 20.8 Å². The quantitative estimate of drug-likeness (QED) is 0.751. The lowest BCUT2D eigenvalue weighted by molar-refractivity contribution is -0.123. The Bertz CT molecular complexity index is 790. The lowest BCUT2D eigenvalue weighted by Crippen LogP contribution is -2.30. The van der Waals surface area contributed by atoms with Crippen LogP contribution in [0.3, 0.4) is 0 Å². The molecule has 0 saturated carbocycles. The molecule has 2 aromatic carbocycles. The van der Waals surface area contributed by atoms with Crippen molar-refractivity contribution >= 4 is 40.8 Å². The first-order valence-electron chi connectivity index (χ1n) is 7.73. The van der Waals surface area contributed by atoms with E-state index in [0.717, 1.165) is 22.4 Å². The van der Waals surface area contributed by atoms with Crippen LogP contribution in [0.1, 0.15) is 34.0 Å². The number of aryl methyl sites for hydroxylation is 3. The molecule has 6 heteroatoms. The summed E-state index contributed by atoms with van der Waals surface area (Å²) in [6.07, 6.45) is -0.967. The highest BCUT2D eigenvalue weighted by molar-refractivity contribution is 6.35. The topological polar surface area (TPSA) is 55.4 Å². The Balaban J connectivity index is 2.09. The first kappa shape index (κ1) is 19.3. The van der Waals surface area contributed by atoms with Crippen molar-refractivity contribution < 1.29 is 14.3 Å². The summed E-state index contributed by atoms with van der Waals surface area (Å²) in [4.78, 5) is 24.5. The highest BCUT2D eigenvalue weighted by Gasteiger charge is 2.20. The molecular weight excluding hydrogens is 361 g/mol. The second-order valence-corrected chi connectivity index (χ2v) is 6.84. The molecule has 4 nitrogen and oxygen atoms in total. The Kier molecular flexibility index (Phi) is 6.09. The van der Waals surface area contributed by atoms with E-state index in [2.05, 4.69) is 5.32 Å². The predicted molar refractivity (Wildman–Crippen MR) is 101 cm³/mol. The molecule has 0 bridgehead atoms. The van der Waals surface area contributed by atoms with Crippen LogP contribution >= 0.6 is 23.2 Å². The third-order valence-electron chi connectivity index (χ3n) is 3.68. The number of rotatable bonds is 4. The Hall–Kier alpha value is -2.04. The normalized spacial score (nSPS) is 11.8. The van der Waals surface area contributed by atoms with Crippen molar-refractivity contribution in [2.75, 3.05) is 5.32 Å². The summed E-state index contributed by atoms with van der Waals surface area (Å²) in [7, 11) is 0. The van der Waals surface area contributed by atoms with Crippen LogP contribution in [0.5, 0.6) is 0 Å². The van der Waals surface area contributed by atoms with Gasteiger partial charge in [0.15, 0.2) is 6.10 Å². The zero-order chi connectivity index (χ0) is 18.7. The molecular formula is C19H19Cl2NO3. The maximum Gasteiger partial charge on any atom is 0.339 e. The summed E-state index contributed by atoms with van der Waals surface area (Å²) in [6, 6.07) is 8.35. The molecule has 2 rings (SSSR count). The molecule has 0 fully saturated rings. The van der Waals surface area contributed by atoms with E-state index in [0.29, 0.717) is 10.0 Å². The van der Waals surface area contributed by atoms with Crippen LogP contribution in [-0.4, -0.2) is 18.0 Å². The number of carbonyl (C=O) groups excluding carboxylic acids is 2. The van der Waals surface area contributed by atoms with Gasteiger partial charge in [0.05, 0.1) is 5.56 Å². The smallest absolute Gasteiger partial charge is 0.339 e. The van der Waals surface area contributed by atoms with Gasteiger partial charge in [-0.25, -0.2) is 4.79 Å². The van der Waals surface area contributed by atoms with E-state index in [-0.39, 0.29) is 5.56 Å². The lowest BCUT2D eigenvalue weighted by Gasteiger charge is -2.17. The number of esters is 1. The van der Waals surface area contributed by atoms with E-state index in [9.17, 15) is 9.59 Å². The molecule has 25 heavy (non-hydrogen) atoms. The van der Waals surface area contributed by atoms with Gasteiger partial charge in [-0.3, -0.25) is 4.79 Å². The molecule has 0 aliphatic carbocycles. The maximum atomic E-state index is 12.4. The minimum Gasteiger partial charge on any atom is -0.449 e. The molecule has 2 aromatic rings. The Morgan fingerprint density at radius 2 is 1.48 bits per heavy atom. The number of halogens is 2. The van der Waals surface area contributed by atoms with Crippen LogP contribution in [0.4, 0.5) is 5.69 Å². The fourth-order valence-electron chi connectivity index (χ4n) is 2.56. The highest BCUT2D eigenvalue weighted by Crippen LogP contribution is 2.23. The molecule has 0 spiro atoms. The number of ether oxygens (including phenoxy) is 1. The van der Waals surface area contributed by atoms with Crippen LogP contribution in [0.2, 0.25) is 10.0 Å². The highest BCUT2D eigenvalue weighted by atomic mass is 35.5. The molecule has 0 aliphatic rings. The van der Waals surface area contributed by atoms with Crippen molar-refractivity contribution in [2.24, 2.45) is 0 Å². The number of nitrogens with one attached hydrogen (secondary N) is 1. The van der Waals surface area contributed by atoms with Crippen molar-refractivity contribution in [3.63, 3.8) is 0 Å². The molecule has 1 amide bonds. The van der Waals surface area contributed by atoms with Crippen molar-refractivity contribution in [2.45, 2.75) is 33.8 Å². The fourth-order valence-corrected chi connectivity index (χ4v) is 3.08. The standard InChI is InChI=1S/C19H19Cl2NO3/c1-10-5-11(2)17(12(3)6-10)22-18(23)13(4)25-19(24)14-7-15(20)9-16(21)8-14/h5-9,13H,1-4H3,(H,22,23)/t13-/m1/s1. The minimum absolute atomic E-state index is 0.194. The third kappa shape index (κ3) is 4.97. The molecule has 0 saturated heterocycles. The van der Waals surface area contributed by atoms with Gasteiger partial charge in [0.2, 0.25) is 0 Å². The van der Waals surface area contributed by atoms with Gasteiger partial charge in [0, 0.05) is 15.7 Å². The Morgan fingerprint density at radius 1 is 0.960 bits per heavy atom. The Labute approximate surface area is 157 Å². The number of amides is 1. The molecule has 0 radical (unpaired) electrons. The van der Waals surface area contributed by atoms with Crippen molar-refractivity contribution in [1.29, 1.82) is 0 Å². The van der Waals surface area contributed by atoms with Crippen LogP contribution < -0.4 is 5.32 Å². The molecule has 132 valence electrons. The van der Waals surface area contributed by atoms with Crippen LogP contribution in [-0.2, 0) is 9.53 Å². The predicted octanol–water partition coefficient (Wildman–Crippen LogP) is 5.10. The van der Waals surface area contributed by atoms with E-state index in [1.54, 1.807) is 0 Å². The van der Waals surface area contributed by atoms with Gasteiger partial charge in [0.25, 0.3) is 5.91 Å². The fraction of sp³-hybridized carbons (Fsp3) is 0.263. The zero-order valence-electron chi connectivity index (χ0n) is 14.4. The SMILES string of the molecule is Cc1cc(C)c(NC(=O)[C@@H](C)OC(=O)c2cc(Cl)cc(Cl)c2)c(C)c1. The minimum atomic E-state index is -0.967. The van der Waals surface area contributed by atoms with Crippen molar-refractivity contribution in [1.82, 2.24) is 0 Å². The van der Waals surface area contributed by atoms with Gasteiger partial charge in [0.1, 0.15) is 0 Å². The van der Waals surface area contributed by atoms with Crippen molar-refractivity contribution in [3.05, 3.63) is 62.6 Å². The van der Waals surface area contributed by atoms with Gasteiger partial charge < -0.3 is 10.1 Å². The van der Waals surface area contributed by atoms with E-state index in [4.69, 9.17) is 27.9 Å². The first-order valence-corrected chi connectivity index (χ1v) is 8.48. The number of carbonyl (C=O) groups is 2.